The predicted molar refractivity (Wildman–Crippen MR) is 99.6 cm³/mol. The maximum Gasteiger partial charge on any atom is 0.336 e. The van der Waals surface area contributed by atoms with E-state index in [9.17, 15) is 9.90 Å². The summed E-state index contributed by atoms with van der Waals surface area (Å²) in [7, 11) is 2.02. The van der Waals surface area contributed by atoms with Crippen LogP contribution in [0.25, 0.3) is 11.0 Å². The first kappa shape index (κ1) is 17.4. The van der Waals surface area contributed by atoms with Gasteiger partial charge in [-0.1, -0.05) is 42.5 Å². The van der Waals surface area contributed by atoms with Crippen molar-refractivity contribution in [2.45, 2.75) is 25.9 Å². The van der Waals surface area contributed by atoms with E-state index >= 15 is 0 Å². The lowest BCUT2D eigenvalue weighted by Crippen LogP contribution is -2.25. The molecule has 0 saturated carbocycles. The van der Waals surface area contributed by atoms with Gasteiger partial charge in [0.1, 0.15) is 5.58 Å². The molecule has 4 nitrogen and oxygen atoms in total. The normalized spacial score (nSPS) is 12.6. The van der Waals surface area contributed by atoms with E-state index in [1.165, 1.54) is 0 Å². The summed E-state index contributed by atoms with van der Waals surface area (Å²) in [4.78, 5) is 14.1. The first-order valence-corrected chi connectivity index (χ1v) is 8.48. The fourth-order valence-electron chi connectivity index (χ4n) is 3.29. The molecule has 0 saturated heterocycles. The van der Waals surface area contributed by atoms with Gasteiger partial charge in [-0.2, -0.15) is 0 Å². The molecule has 3 aromatic rings. The number of hydrogen-bond acceptors (Lipinski definition) is 4. The van der Waals surface area contributed by atoms with Crippen molar-refractivity contribution in [3.8, 4) is 0 Å². The van der Waals surface area contributed by atoms with Gasteiger partial charge >= 0.3 is 5.63 Å². The van der Waals surface area contributed by atoms with Crippen LogP contribution < -0.4 is 5.63 Å². The highest BCUT2D eigenvalue weighted by Crippen LogP contribution is 2.26. The van der Waals surface area contributed by atoms with Crippen LogP contribution >= 0.6 is 0 Å². The second-order valence-corrected chi connectivity index (χ2v) is 6.44. The summed E-state index contributed by atoms with van der Waals surface area (Å²) in [6.07, 6.45) is 0.638. The monoisotopic (exact) mass is 337 g/mol. The average molecular weight is 337 g/mol. The van der Waals surface area contributed by atoms with E-state index in [0.717, 1.165) is 22.1 Å². The van der Waals surface area contributed by atoms with Gasteiger partial charge in [0, 0.05) is 30.6 Å². The number of aryl methyl sites for hydroxylation is 1. The second kappa shape index (κ2) is 7.64. The SMILES string of the molecule is Cc1ccc2c(CN(C)C(CCO)c3ccccc3)cc(=O)oc2c1. The average Bonchev–Trinajstić information content (AvgIpc) is 2.59. The van der Waals surface area contributed by atoms with Crippen LogP contribution in [0.4, 0.5) is 0 Å². The van der Waals surface area contributed by atoms with Gasteiger partial charge in [0.05, 0.1) is 0 Å². The number of hydrogen-bond donors (Lipinski definition) is 1. The van der Waals surface area contributed by atoms with Crippen molar-refractivity contribution in [3.05, 3.63) is 81.7 Å². The second-order valence-electron chi connectivity index (χ2n) is 6.44. The van der Waals surface area contributed by atoms with Crippen LogP contribution in [0.15, 0.2) is 63.8 Å². The third kappa shape index (κ3) is 3.98. The Labute approximate surface area is 147 Å². The molecule has 130 valence electrons. The molecule has 4 heteroatoms. The van der Waals surface area contributed by atoms with E-state index in [1.807, 2.05) is 50.4 Å². The van der Waals surface area contributed by atoms with Gasteiger partial charge in [-0.25, -0.2) is 4.79 Å². The maximum atomic E-state index is 11.9. The number of aliphatic hydroxyl groups excluding tert-OH is 1. The molecule has 1 heterocycles. The van der Waals surface area contributed by atoms with Crippen molar-refractivity contribution in [3.63, 3.8) is 0 Å². The number of fused-ring (bicyclic) bond motifs is 1. The van der Waals surface area contributed by atoms with E-state index in [2.05, 4.69) is 17.0 Å². The maximum absolute atomic E-state index is 11.9. The summed E-state index contributed by atoms with van der Waals surface area (Å²) >= 11 is 0. The van der Waals surface area contributed by atoms with Gasteiger partial charge in [0.25, 0.3) is 0 Å². The molecule has 0 aliphatic heterocycles. The molecule has 1 N–H and O–H groups in total. The van der Waals surface area contributed by atoms with Gasteiger partial charge in [-0.05, 0) is 43.1 Å². The fraction of sp³-hybridized carbons (Fsp3) is 0.286. The van der Waals surface area contributed by atoms with Gasteiger partial charge < -0.3 is 9.52 Å². The van der Waals surface area contributed by atoms with Crippen LogP contribution in [0.5, 0.6) is 0 Å². The molecule has 0 aliphatic rings. The zero-order chi connectivity index (χ0) is 17.8. The van der Waals surface area contributed by atoms with Gasteiger partial charge in [0.2, 0.25) is 0 Å². The molecule has 0 aliphatic carbocycles. The Bertz CT molecular complexity index is 902. The summed E-state index contributed by atoms with van der Waals surface area (Å²) in [5.74, 6) is 0. The van der Waals surface area contributed by atoms with E-state index in [0.29, 0.717) is 18.5 Å². The Hall–Kier alpha value is -2.43. The molecule has 25 heavy (non-hydrogen) atoms. The van der Waals surface area contributed by atoms with Crippen LogP contribution in [0.2, 0.25) is 0 Å². The zero-order valence-electron chi connectivity index (χ0n) is 14.6. The minimum absolute atomic E-state index is 0.0824. The molecule has 0 bridgehead atoms. The zero-order valence-corrected chi connectivity index (χ0v) is 14.6. The molecular weight excluding hydrogens is 314 g/mol. The Morgan fingerprint density at radius 1 is 1.12 bits per heavy atom. The highest BCUT2D eigenvalue weighted by Gasteiger charge is 2.18. The van der Waals surface area contributed by atoms with Gasteiger partial charge in [-0.15, -0.1) is 0 Å². The van der Waals surface area contributed by atoms with Crippen LogP contribution in [-0.4, -0.2) is 23.7 Å². The summed E-state index contributed by atoms with van der Waals surface area (Å²) in [6, 6.07) is 17.7. The first-order valence-electron chi connectivity index (χ1n) is 8.48. The highest BCUT2D eigenvalue weighted by atomic mass is 16.4. The number of nitrogens with zero attached hydrogens (tertiary/aromatic N) is 1. The Balaban J connectivity index is 1.95. The smallest absolute Gasteiger partial charge is 0.336 e. The number of aliphatic hydroxyl groups is 1. The van der Waals surface area contributed by atoms with Crippen LogP contribution in [0, 0.1) is 6.92 Å². The predicted octanol–water partition coefficient (Wildman–Crippen LogP) is 3.66. The molecular formula is C21H23NO3. The summed E-state index contributed by atoms with van der Waals surface area (Å²) in [5, 5.41) is 10.4. The standard InChI is InChI=1S/C21H23NO3/c1-15-8-9-18-17(13-21(24)25-20(18)12-15)14-22(2)19(10-11-23)16-6-4-3-5-7-16/h3-9,12-13,19,23H,10-11,14H2,1-2H3. The molecule has 1 unspecified atom stereocenters. The molecule has 1 aromatic heterocycles. The lowest BCUT2D eigenvalue weighted by atomic mass is 10.0. The van der Waals surface area contributed by atoms with Crippen LogP contribution in [0.1, 0.15) is 29.2 Å². The largest absolute Gasteiger partial charge is 0.423 e. The van der Waals surface area contributed by atoms with Crippen molar-refractivity contribution >= 4 is 11.0 Å². The fourth-order valence-corrected chi connectivity index (χ4v) is 3.29. The van der Waals surface area contributed by atoms with E-state index in [1.54, 1.807) is 6.07 Å². The summed E-state index contributed by atoms with van der Waals surface area (Å²) in [6.45, 7) is 2.69. The van der Waals surface area contributed by atoms with Crippen molar-refractivity contribution in [2.24, 2.45) is 0 Å². The first-order chi connectivity index (χ1) is 12.1. The number of rotatable bonds is 6. The lowest BCUT2D eigenvalue weighted by molar-refractivity contribution is 0.180. The van der Waals surface area contributed by atoms with Crippen LogP contribution in [-0.2, 0) is 6.54 Å². The van der Waals surface area contributed by atoms with E-state index < -0.39 is 0 Å². The third-order valence-corrected chi connectivity index (χ3v) is 4.52. The number of benzene rings is 2. The summed E-state index contributed by atoms with van der Waals surface area (Å²) < 4.78 is 5.34. The Morgan fingerprint density at radius 2 is 1.88 bits per heavy atom. The van der Waals surface area contributed by atoms with Gasteiger partial charge in [-0.3, -0.25) is 4.90 Å². The molecule has 0 amide bonds. The summed E-state index contributed by atoms with van der Waals surface area (Å²) in [5.41, 5.74) is 3.44. The lowest BCUT2D eigenvalue weighted by Gasteiger charge is -2.28. The van der Waals surface area contributed by atoms with Crippen molar-refractivity contribution in [1.29, 1.82) is 0 Å². The van der Waals surface area contributed by atoms with Gasteiger partial charge in [0.15, 0.2) is 0 Å². The van der Waals surface area contributed by atoms with Crippen molar-refractivity contribution in [1.82, 2.24) is 4.90 Å². The highest BCUT2D eigenvalue weighted by molar-refractivity contribution is 5.80. The molecule has 0 fully saturated rings. The quantitative estimate of drug-likeness (QED) is 0.698. The topological polar surface area (TPSA) is 53.7 Å². The molecule has 3 rings (SSSR count). The van der Waals surface area contributed by atoms with E-state index in [-0.39, 0.29) is 18.3 Å². The minimum Gasteiger partial charge on any atom is -0.423 e. The molecule has 2 aromatic carbocycles. The van der Waals surface area contributed by atoms with Crippen LogP contribution in [0.3, 0.4) is 0 Å². The Morgan fingerprint density at radius 3 is 2.60 bits per heavy atom. The molecule has 0 radical (unpaired) electrons. The minimum atomic E-state index is -0.333. The molecule has 0 spiro atoms. The molecule has 1 atom stereocenters. The van der Waals surface area contributed by atoms with Crippen molar-refractivity contribution < 1.29 is 9.52 Å². The van der Waals surface area contributed by atoms with Crippen molar-refractivity contribution in [2.75, 3.05) is 13.7 Å². The van der Waals surface area contributed by atoms with E-state index in [4.69, 9.17) is 4.42 Å². The Kier molecular flexibility index (Phi) is 5.31. The third-order valence-electron chi connectivity index (χ3n) is 4.52.